The summed E-state index contributed by atoms with van der Waals surface area (Å²) in [6, 6.07) is 0. The van der Waals surface area contributed by atoms with Crippen molar-refractivity contribution in [2.24, 2.45) is 28.1 Å². The van der Waals surface area contributed by atoms with Gasteiger partial charge in [0, 0.05) is 24.3 Å². The molecule has 0 aromatic rings. The number of carbonyl (C=O) groups excluding carboxylic acids is 2. The van der Waals surface area contributed by atoms with Gasteiger partial charge in [0.1, 0.15) is 11.5 Å². The number of Topliss-reactive ketones (excluding diaryl/α,β-unsaturated/α-hetero) is 1. The first kappa shape index (κ1) is 28.9. The predicted octanol–water partition coefficient (Wildman–Crippen LogP) is 7.16. The van der Waals surface area contributed by atoms with E-state index < -0.39 is 23.5 Å². The average molecular weight is 509 g/mol. The van der Waals surface area contributed by atoms with Gasteiger partial charge in [0.25, 0.3) is 0 Å². The van der Waals surface area contributed by atoms with Gasteiger partial charge in [-0.25, -0.2) is 0 Å². The van der Waals surface area contributed by atoms with Gasteiger partial charge in [-0.2, -0.15) is 0 Å². The third-order valence-electron chi connectivity index (χ3n) is 9.55. The molecule has 0 unspecified atom stereocenters. The van der Waals surface area contributed by atoms with E-state index in [1.807, 2.05) is 38.2 Å². The molecule has 5 nitrogen and oxygen atoms in total. The second-order valence-electron chi connectivity index (χ2n) is 12.3. The van der Waals surface area contributed by atoms with E-state index in [4.69, 9.17) is 4.74 Å². The van der Waals surface area contributed by atoms with Crippen LogP contribution in [-0.2, 0) is 19.1 Å². The highest BCUT2D eigenvalue weighted by molar-refractivity contribution is 6.01. The fourth-order valence-electron chi connectivity index (χ4n) is 7.80. The topological polar surface area (TPSA) is 80.7 Å². The molecular weight excluding hydrogens is 464 g/mol. The van der Waals surface area contributed by atoms with Crippen molar-refractivity contribution in [3.63, 3.8) is 0 Å². The smallest absolute Gasteiger partial charge is 0.313 e. The quantitative estimate of drug-likeness (QED) is 0.234. The zero-order chi connectivity index (χ0) is 27.8. The highest BCUT2D eigenvalue weighted by Crippen LogP contribution is 2.69. The van der Waals surface area contributed by atoms with Crippen molar-refractivity contribution >= 4 is 17.7 Å². The number of ketones is 1. The second-order valence-corrected chi connectivity index (χ2v) is 12.3. The summed E-state index contributed by atoms with van der Waals surface area (Å²) in [5.74, 6) is -1.29. The van der Waals surface area contributed by atoms with Crippen LogP contribution in [0.2, 0.25) is 0 Å². The Bertz CT molecular complexity index is 1110. The number of rotatable bonds is 6. The lowest BCUT2D eigenvalue weighted by molar-refractivity contribution is -0.204. The van der Waals surface area contributed by atoms with Crippen LogP contribution in [0.25, 0.3) is 0 Å². The van der Waals surface area contributed by atoms with Crippen molar-refractivity contribution in [1.29, 1.82) is 0 Å². The molecule has 0 aromatic carbocycles. The number of carbonyl (C=O) groups is 3. The van der Waals surface area contributed by atoms with Crippen molar-refractivity contribution in [3.8, 4) is 0 Å². The van der Waals surface area contributed by atoms with Gasteiger partial charge in [0.2, 0.25) is 0 Å². The van der Waals surface area contributed by atoms with E-state index >= 15 is 0 Å². The number of allylic oxidation sites excluding steroid dienone is 10. The monoisotopic (exact) mass is 508 g/mol. The molecule has 6 atom stereocenters. The Balaban J connectivity index is 1.94. The molecular formula is C32H44O5. The summed E-state index contributed by atoms with van der Waals surface area (Å²) in [4.78, 5) is 37.9. The van der Waals surface area contributed by atoms with Gasteiger partial charge in [0.05, 0.1) is 0 Å². The fourth-order valence-corrected chi connectivity index (χ4v) is 7.80. The SMILES string of the molecule is CC(=O)O[C@@H]1CC[C@@]2(C)[C@@H](CC[C@]3(C)\C(=C(C)/C=C/C=C(C)/C=C/C=C(C)C)C(=O)C[C@@H]23)[C@@]1(C)C(=O)O. The molecule has 0 radical (unpaired) electrons. The molecule has 0 bridgehead atoms. The Morgan fingerprint density at radius 2 is 1.57 bits per heavy atom. The first-order valence-electron chi connectivity index (χ1n) is 13.5. The molecule has 0 heterocycles. The van der Waals surface area contributed by atoms with Gasteiger partial charge in [0.15, 0.2) is 5.78 Å². The Morgan fingerprint density at radius 3 is 2.16 bits per heavy atom. The van der Waals surface area contributed by atoms with Crippen LogP contribution in [0.4, 0.5) is 0 Å². The molecule has 0 saturated heterocycles. The van der Waals surface area contributed by atoms with Crippen LogP contribution in [-0.4, -0.2) is 28.9 Å². The highest BCUT2D eigenvalue weighted by Gasteiger charge is 2.68. The normalized spacial score (nSPS) is 37.4. The summed E-state index contributed by atoms with van der Waals surface area (Å²) in [5.41, 5.74) is 2.46. The highest BCUT2D eigenvalue weighted by atomic mass is 16.5. The molecule has 3 fully saturated rings. The van der Waals surface area contributed by atoms with Gasteiger partial charge < -0.3 is 9.84 Å². The Hall–Kier alpha value is -2.69. The van der Waals surface area contributed by atoms with Gasteiger partial charge in [-0.05, 0) is 83.1 Å². The molecule has 37 heavy (non-hydrogen) atoms. The van der Waals surface area contributed by atoms with Crippen molar-refractivity contribution in [2.45, 2.75) is 93.6 Å². The van der Waals surface area contributed by atoms with Crippen molar-refractivity contribution in [1.82, 2.24) is 0 Å². The van der Waals surface area contributed by atoms with E-state index in [1.165, 1.54) is 12.5 Å². The van der Waals surface area contributed by atoms with Crippen LogP contribution in [0.1, 0.15) is 87.5 Å². The maximum atomic E-state index is 13.5. The second kappa shape index (κ2) is 10.6. The number of fused-ring (bicyclic) bond motifs is 3. The Kier molecular flexibility index (Phi) is 8.26. The summed E-state index contributed by atoms with van der Waals surface area (Å²) in [6.07, 6.45) is 14.7. The largest absolute Gasteiger partial charge is 0.481 e. The molecule has 0 aliphatic heterocycles. The number of hydrogen-bond acceptors (Lipinski definition) is 4. The molecule has 5 heteroatoms. The average Bonchev–Trinajstić information content (AvgIpc) is 3.06. The summed E-state index contributed by atoms with van der Waals surface area (Å²) in [6.45, 7) is 15.7. The molecule has 3 saturated carbocycles. The summed E-state index contributed by atoms with van der Waals surface area (Å²) >= 11 is 0. The Morgan fingerprint density at radius 1 is 0.919 bits per heavy atom. The van der Waals surface area contributed by atoms with E-state index in [-0.39, 0.29) is 28.4 Å². The molecule has 0 amide bonds. The third-order valence-corrected chi connectivity index (χ3v) is 9.55. The number of ether oxygens (including phenoxy) is 1. The van der Waals surface area contributed by atoms with Gasteiger partial charge in [-0.15, -0.1) is 0 Å². The van der Waals surface area contributed by atoms with Crippen molar-refractivity contribution in [2.75, 3.05) is 0 Å². The molecule has 1 N–H and O–H groups in total. The summed E-state index contributed by atoms with van der Waals surface area (Å²) in [5, 5.41) is 10.4. The van der Waals surface area contributed by atoms with E-state index in [9.17, 15) is 19.5 Å². The van der Waals surface area contributed by atoms with Gasteiger partial charge in [-0.1, -0.05) is 61.4 Å². The molecule has 3 rings (SSSR count). The lowest BCUT2D eigenvalue weighted by Crippen LogP contribution is -2.61. The van der Waals surface area contributed by atoms with Crippen LogP contribution in [0.15, 0.2) is 58.7 Å². The summed E-state index contributed by atoms with van der Waals surface area (Å²) in [7, 11) is 0. The Labute approximate surface area is 222 Å². The van der Waals surface area contributed by atoms with Crippen LogP contribution < -0.4 is 0 Å². The summed E-state index contributed by atoms with van der Waals surface area (Å²) < 4.78 is 5.56. The minimum absolute atomic E-state index is 0.0610. The first-order chi connectivity index (χ1) is 17.2. The van der Waals surface area contributed by atoms with Crippen molar-refractivity contribution < 1.29 is 24.2 Å². The lowest BCUT2D eigenvalue weighted by Gasteiger charge is -2.61. The maximum absolute atomic E-state index is 13.5. The molecule has 0 spiro atoms. The number of aliphatic carboxylic acids is 1. The van der Waals surface area contributed by atoms with Crippen LogP contribution in [0, 0.1) is 28.1 Å². The fraction of sp³-hybridized carbons (Fsp3) is 0.594. The zero-order valence-electron chi connectivity index (χ0n) is 23.8. The van der Waals surface area contributed by atoms with Gasteiger partial charge >= 0.3 is 11.9 Å². The van der Waals surface area contributed by atoms with E-state index in [0.29, 0.717) is 19.3 Å². The number of esters is 1. The standard InChI is InChI=1S/C32H44O5/c1-20(2)11-9-12-21(3)13-10-14-22(4)28-24(34)19-26-30(6)18-16-27(37-23(5)33)32(8,29(35)36)25(30)15-17-31(26,28)7/h9-14,25-27H,15-19H2,1-8H3,(H,35,36)/b12-9+,14-10+,21-13+,28-22-/t25-,26+,27-,30+,31+,32-/m1/s1. The van der Waals surface area contributed by atoms with Crippen LogP contribution in [0.3, 0.4) is 0 Å². The van der Waals surface area contributed by atoms with E-state index in [1.54, 1.807) is 6.92 Å². The number of carboxylic acids is 1. The molecule has 202 valence electrons. The van der Waals surface area contributed by atoms with Gasteiger partial charge in [-0.3, -0.25) is 14.4 Å². The van der Waals surface area contributed by atoms with E-state index in [2.05, 4.69) is 39.8 Å². The van der Waals surface area contributed by atoms with Crippen molar-refractivity contribution in [3.05, 3.63) is 58.7 Å². The first-order valence-corrected chi connectivity index (χ1v) is 13.5. The molecule has 0 aromatic heterocycles. The molecule has 3 aliphatic rings. The third kappa shape index (κ3) is 5.19. The van der Waals surface area contributed by atoms with Crippen LogP contribution >= 0.6 is 0 Å². The lowest BCUT2D eigenvalue weighted by atomic mass is 9.42. The molecule has 3 aliphatic carbocycles. The predicted molar refractivity (Wildman–Crippen MR) is 147 cm³/mol. The minimum atomic E-state index is -1.17. The minimum Gasteiger partial charge on any atom is -0.481 e. The number of hydrogen-bond donors (Lipinski definition) is 1. The zero-order valence-corrected chi connectivity index (χ0v) is 23.8. The van der Waals surface area contributed by atoms with E-state index in [0.717, 1.165) is 29.6 Å². The number of carboxylic acid groups (broad SMARTS) is 1. The maximum Gasteiger partial charge on any atom is 0.313 e. The van der Waals surface area contributed by atoms with Crippen LogP contribution in [0.5, 0.6) is 0 Å².